The van der Waals surface area contributed by atoms with Gasteiger partial charge < -0.3 is 0 Å². The maximum Gasteiger partial charge on any atom is 0.141 e. The monoisotopic (exact) mass is 261 g/mol. The van der Waals surface area contributed by atoms with Gasteiger partial charge in [0.1, 0.15) is 5.78 Å². The third kappa shape index (κ3) is 3.32. The largest absolute Gasteiger partial charge is 0.299 e. The average Bonchev–Trinajstić information content (AvgIpc) is 2.31. The molecule has 0 saturated carbocycles. The molecule has 0 amide bonds. The van der Waals surface area contributed by atoms with Crippen LogP contribution < -0.4 is 0 Å². The molecule has 85 valence electrons. The maximum absolute atomic E-state index is 11.7. The molecule has 0 unspecified atom stereocenters. The zero-order valence-electron chi connectivity index (χ0n) is 9.71. The summed E-state index contributed by atoms with van der Waals surface area (Å²) in [5.41, 5.74) is 2.11. The third-order valence-corrected chi connectivity index (χ3v) is 2.67. The van der Waals surface area contributed by atoms with Crippen molar-refractivity contribution in [2.24, 2.45) is 0 Å². The molecule has 2 rings (SSSR count). The molecule has 0 aromatic heterocycles. The van der Waals surface area contributed by atoms with Crippen LogP contribution in [-0.4, -0.2) is 5.78 Å². The zero-order chi connectivity index (χ0) is 11.4. The van der Waals surface area contributed by atoms with E-state index < -0.39 is 0 Å². The molecule has 2 heteroatoms. The van der Waals surface area contributed by atoms with E-state index >= 15 is 0 Å². The second-order valence-corrected chi connectivity index (χ2v) is 3.87. The molecule has 0 fully saturated rings. The zero-order valence-corrected chi connectivity index (χ0v) is 11.1. The van der Waals surface area contributed by atoms with Crippen LogP contribution in [0.2, 0.25) is 0 Å². The van der Waals surface area contributed by atoms with Gasteiger partial charge in [-0.15, -0.1) is 0 Å². The summed E-state index contributed by atoms with van der Waals surface area (Å²) in [6.07, 6.45) is 0. The molecule has 0 bridgehead atoms. The second kappa shape index (κ2) is 6.43. The Labute approximate surface area is 114 Å². The van der Waals surface area contributed by atoms with E-state index in [4.69, 9.17) is 0 Å². The predicted molar refractivity (Wildman–Crippen MR) is 65.4 cm³/mol. The minimum Gasteiger partial charge on any atom is -0.299 e. The van der Waals surface area contributed by atoms with Gasteiger partial charge in [0, 0.05) is 18.6 Å². The van der Waals surface area contributed by atoms with Crippen LogP contribution in [0.3, 0.4) is 0 Å². The number of carbonyl (C=O) groups excluding carboxylic acids is 1. The van der Waals surface area contributed by atoms with E-state index in [1.54, 1.807) is 6.92 Å². The quantitative estimate of drug-likeness (QED) is 0.827. The van der Waals surface area contributed by atoms with Gasteiger partial charge in [0.15, 0.2) is 0 Å². The first kappa shape index (κ1) is 13.8. The van der Waals surface area contributed by atoms with Crippen molar-refractivity contribution in [1.82, 2.24) is 0 Å². The molecule has 17 heavy (non-hydrogen) atoms. The van der Waals surface area contributed by atoms with E-state index in [0.717, 1.165) is 11.1 Å². The summed E-state index contributed by atoms with van der Waals surface area (Å²) in [5, 5.41) is 0. The Hall–Kier alpha value is -1.31. The smallest absolute Gasteiger partial charge is 0.141 e. The van der Waals surface area contributed by atoms with Gasteiger partial charge in [0.05, 0.1) is 5.92 Å². The van der Waals surface area contributed by atoms with Gasteiger partial charge >= 0.3 is 0 Å². The van der Waals surface area contributed by atoms with Crippen LogP contribution in [0.25, 0.3) is 0 Å². The molecule has 2 aromatic carbocycles. The van der Waals surface area contributed by atoms with Crippen molar-refractivity contribution < 1.29 is 23.4 Å². The number of benzene rings is 2. The van der Waals surface area contributed by atoms with Crippen molar-refractivity contribution in [1.29, 1.82) is 0 Å². The Morgan fingerprint density at radius 3 is 1.47 bits per heavy atom. The molecule has 0 spiro atoms. The fraction of sp³-hybridized carbons (Fsp3) is 0.133. The van der Waals surface area contributed by atoms with Gasteiger partial charge in [-0.05, 0) is 18.1 Å². The molecule has 0 aliphatic heterocycles. The fourth-order valence-electron chi connectivity index (χ4n) is 1.95. The van der Waals surface area contributed by atoms with Gasteiger partial charge in [0.25, 0.3) is 0 Å². The SMILES string of the molecule is CC(=O)C(c1ccccc1)c1ccccc1.[V]. The number of rotatable bonds is 3. The number of hydrogen-bond donors (Lipinski definition) is 0. The minimum atomic E-state index is -0.137. The number of Topliss-reactive ketones (excluding diaryl/α,β-unsaturated/α-hetero) is 1. The first-order valence-electron chi connectivity index (χ1n) is 5.39. The third-order valence-electron chi connectivity index (χ3n) is 2.67. The molecule has 0 N–H and O–H groups in total. The topological polar surface area (TPSA) is 17.1 Å². The van der Waals surface area contributed by atoms with Crippen LogP contribution in [-0.2, 0) is 23.4 Å². The van der Waals surface area contributed by atoms with Crippen molar-refractivity contribution in [3.63, 3.8) is 0 Å². The van der Waals surface area contributed by atoms with Crippen molar-refractivity contribution in [2.75, 3.05) is 0 Å². The summed E-state index contributed by atoms with van der Waals surface area (Å²) in [6, 6.07) is 19.8. The second-order valence-electron chi connectivity index (χ2n) is 3.87. The standard InChI is InChI=1S/C15H14O.V/c1-12(16)15(13-8-4-2-5-9-13)14-10-6-3-7-11-14;/h2-11,15H,1H3;. The predicted octanol–water partition coefficient (Wildman–Crippen LogP) is 3.41. The van der Waals surface area contributed by atoms with Crippen LogP contribution in [0, 0.1) is 0 Å². The van der Waals surface area contributed by atoms with Crippen molar-refractivity contribution in [3.8, 4) is 0 Å². The molecule has 0 atom stereocenters. The normalized spacial score (nSPS) is 9.76. The number of hydrogen-bond acceptors (Lipinski definition) is 1. The summed E-state index contributed by atoms with van der Waals surface area (Å²) in [7, 11) is 0. The number of carbonyl (C=O) groups is 1. The van der Waals surface area contributed by atoms with Gasteiger partial charge in [-0.1, -0.05) is 60.7 Å². The Balaban J connectivity index is 0.00000144. The van der Waals surface area contributed by atoms with E-state index in [9.17, 15) is 4.79 Å². The van der Waals surface area contributed by atoms with E-state index in [0.29, 0.717) is 0 Å². The van der Waals surface area contributed by atoms with Crippen LogP contribution in [0.5, 0.6) is 0 Å². The first-order chi connectivity index (χ1) is 7.79. The minimum absolute atomic E-state index is 0. The Morgan fingerprint density at radius 1 is 0.824 bits per heavy atom. The molecule has 0 heterocycles. The van der Waals surface area contributed by atoms with E-state index in [-0.39, 0.29) is 30.3 Å². The van der Waals surface area contributed by atoms with Crippen LogP contribution >= 0.6 is 0 Å². The Kier molecular flexibility index (Phi) is 5.21. The molecule has 0 saturated heterocycles. The Morgan fingerprint density at radius 2 is 1.18 bits per heavy atom. The van der Waals surface area contributed by atoms with Gasteiger partial charge in [-0.3, -0.25) is 4.79 Å². The van der Waals surface area contributed by atoms with Crippen molar-refractivity contribution in [3.05, 3.63) is 71.8 Å². The summed E-state index contributed by atoms with van der Waals surface area (Å²) < 4.78 is 0. The maximum atomic E-state index is 11.7. The van der Waals surface area contributed by atoms with Gasteiger partial charge in [-0.25, -0.2) is 0 Å². The summed E-state index contributed by atoms with van der Waals surface area (Å²) >= 11 is 0. The summed E-state index contributed by atoms with van der Waals surface area (Å²) in [4.78, 5) is 11.7. The molecular weight excluding hydrogens is 247 g/mol. The molecule has 1 radical (unpaired) electrons. The van der Waals surface area contributed by atoms with E-state index in [1.165, 1.54) is 0 Å². The molecule has 1 nitrogen and oxygen atoms in total. The van der Waals surface area contributed by atoms with Crippen molar-refractivity contribution in [2.45, 2.75) is 12.8 Å². The number of ketones is 1. The van der Waals surface area contributed by atoms with Gasteiger partial charge in [0.2, 0.25) is 0 Å². The first-order valence-corrected chi connectivity index (χ1v) is 5.39. The summed E-state index contributed by atoms with van der Waals surface area (Å²) in [6.45, 7) is 1.64. The van der Waals surface area contributed by atoms with Crippen molar-refractivity contribution >= 4 is 5.78 Å². The Bertz CT molecular complexity index is 425. The molecule has 0 aliphatic rings. The van der Waals surface area contributed by atoms with E-state index in [1.807, 2.05) is 60.7 Å². The molecule has 0 aliphatic carbocycles. The molecule has 2 aromatic rings. The summed E-state index contributed by atoms with van der Waals surface area (Å²) in [5.74, 6) is 0.0415. The average molecular weight is 261 g/mol. The van der Waals surface area contributed by atoms with Gasteiger partial charge in [-0.2, -0.15) is 0 Å². The van der Waals surface area contributed by atoms with Crippen LogP contribution in [0.4, 0.5) is 0 Å². The van der Waals surface area contributed by atoms with E-state index in [2.05, 4.69) is 0 Å². The van der Waals surface area contributed by atoms with Crippen LogP contribution in [0.1, 0.15) is 24.0 Å². The fourth-order valence-corrected chi connectivity index (χ4v) is 1.95. The van der Waals surface area contributed by atoms with Crippen LogP contribution in [0.15, 0.2) is 60.7 Å². The molecular formula is C15H14OV.